The van der Waals surface area contributed by atoms with Gasteiger partial charge in [0, 0.05) is 30.7 Å². The average molecular weight is 395 g/mol. The van der Waals surface area contributed by atoms with Gasteiger partial charge < -0.3 is 5.32 Å². The molecule has 2 rings (SSSR count). The minimum absolute atomic E-state index is 0. The fourth-order valence-corrected chi connectivity index (χ4v) is 2.62. The SMILES string of the molecule is Cl.Cl.FC[C@H](c1ccc(Cl)c(Br)c1)N1CCNCC1. The van der Waals surface area contributed by atoms with Crippen LogP contribution in [-0.2, 0) is 0 Å². The monoisotopic (exact) mass is 392 g/mol. The normalized spacial score (nSPS) is 17.2. The van der Waals surface area contributed by atoms with Crippen LogP contribution in [-0.4, -0.2) is 37.8 Å². The molecule has 1 atom stereocenters. The Bertz CT molecular complexity index is 389. The Kier molecular flexibility index (Phi) is 9.58. The van der Waals surface area contributed by atoms with Crippen molar-refractivity contribution in [3.63, 3.8) is 0 Å². The molecule has 1 aliphatic rings. The first-order chi connectivity index (χ1) is 8.22. The summed E-state index contributed by atoms with van der Waals surface area (Å²) >= 11 is 9.33. The Morgan fingerprint density at radius 2 is 1.95 bits per heavy atom. The summed E-state index contributed by atoms with van der Waals surface area (Å²) in [5.74, 6) is 0. The number of hydrogen-bond donors (Lipinski definition) is 1. The van der Waals surface area contributed by atoms with Crippen LogP contribution in [0.15, 0.2) is 22.7 Å². The van der Waals surface area contributed by atoms with E-state index in [0.29, 0.717) is 5.02 Å². The van der Waals surface area contributed by atoms with Crippen molar-refractivity contribution >= 4 is 52.3 Å². The fourth-order valence-electron chi connectivity index (χ4n) is 2.11. The van der Waals surface area contributed by atoms with Crippen LogP contribution in [0.1, 0.15) is 11.6 Å². The molecular weight excluding hydrogens is 377 g/mol. The molecule has 1 aromatic carbocycles. The molecule has 2 nitrogen and oxygen atoms in total. The third-order valence-electron chi connectivity index (χ3n) is 3.07. The zero-order valence-electron chi connectivity index (χ0n) is 10.2. The predicted molar refractivity (Wildman–Crippen MR) is 86.8 cm³/mol. The molecule has 1 saturated heterocycles. The molecule has 0 unspecified atom stereocenters. The van der Waals surface area contributed by atoms with Gasteiger partial charge in [0.2, 0.25) is 0 Å². The van der Waals surface area contributed by atoms with Crippen LogP contribution in [0.5, 0.6) is 0 Å². The van der Waals surface area contributed by atoms with Gasteiger partial charge in [-0.25, -0.2) is 4.39 Å². The van der Waals surface area contributed by atoms with Gasteiger partial charge in [-0.1, -0.05) is 17.7 Å². The number of hydrogen-bond acceptors (Lipinski definition) is 2. The number of nitrogens with one attached hydrogen (secondary N) is 1. The molecule has 1 aromatic rings. The van der Waals surface area contributed by atoms with E-state index in [-0.39, 0.29) is 37.5 Å². The van der Waals surface area contributed by atoms with Gasteiger partial charge in [-0.15, -0.1) is 24.8 Å². The zero-order chi connectivity index (χ0) is 12.3. The molecule has 0 saturated carbocycles. The van der Waals surface area contributed by atoms with E-state index in [4.69, 9.17) is 11.6 Å². The van der Waals surface area contributed by atoms with Gasteiger partial charge >= 0.3 is 0 Å². The van der Waals surface area contributed by atoms with E-state index in [1.54, 1.807) is 0 Å². The van der Waals surface area contributed by atoms with Crippen molar-refractivity contribution in [1.29, 1.82) is 0 Å². The van der Waals surface area contributed by atoms with Crippen LogP contribution in [0, 0.1) is 0 Å². The molecule has 0 spiro atoms. The highest BCUT2D eigenvalue weighted by atomic mass is 79.9. The quantitative estimate of drug-likeness (QED) is 0.837. The van der Waals surface area contributed by atoms with Crippen molar-refractivity contribution in [3.05, 3.63) is 33.3 Å². The summed E-state index contributed by atoms with van der Waals surface area (Å²) in [5, 5.41) is 3.93. The van der Waals surface area contributed by atoms with Crippen LogP contribution < -0.4 is 5.32 Å². The third kappa shape index (κ3) is 5.03. The lowest BCUT2D eigenvalue weighted by Crippen LogP contribution is -2.45. The summed E-state index contributed by atoms with van der Waals surface area (Å²) in [4.78, 5) is 2.17. The van der Waals surface area contributed by atoms with Gasteiger partial charge in [0.25, 0.3) is 0 Å². The van der Waals surface area contributed by atoms with Crippen molar-refractivity contribution in [2.45, 2.75) is 6.04 Å². The van der Waals surface area contributed by atoms with Gasteiger partial charge in [-0.05, 0) is 33.6 Å². The Labute approximate surface area is 139 Å². The number of benzene rings is 1. The number of alkyl halides is 1. The first-order valence-electron chi connectivity index (χ1n) is 5.68. The van der Waals surface area contributed by atoms with E-state index in [9.17, 15) is 4.39 Å². The number of piperazine rings is 1. The summed E-state index contributed by atoms with van der Waals surface area (Å²) < 4.78 is 14.1. The van der Waals surface area contributed by atoms with Gasteiger partial charge in [0.1, 0.15) is 6.67 Å². The summed E-state index contributed by atoms with van der Waals surface area (Å²) in [6.07, 6.45) is 0. The highest BCUT2D eigenvalue weighted by molar-refractivity contribution is 9.10. The molecular formula is C12H17BrCl3FN2. The Morgan fingerprint density at radius 3 is 2.47 bits per heavy atom. The first-order valence-corrected chi connectivity index (χ1v) is 6.85. The number of nitrogens with zero attached hydrogens (tertiary/aromatic N) is 1. The Morgan fingerprint density at radius 1 is 1.32 bits per heavy atom. The van der Waals surface area contributed by atoms with E-state index >= 15 is 0 Å². The zero-order valence-corrected chi connectivity index (χ0v) is 14.2. The maximum atomic E-state index is 13.2. The number of rotatable bonds is 3. The Hall–Kier alpha value is 0.420. The Balaban J connectivity index is 0.00000162. The van der Waals surface area contributed by atoms with Crippen molar-refractivity contribution in [2.24, 2.45) is 0 Å². The molecule has 0 radical (unpaired) electrons. The van der Waals surface area contributed by atoms with E-state index in [1.165, 1.54) is 0 Å². The van der Waals surface area contributed by atoms with Crippen LogP contribution in [0.4, 0.5) is 4.39 Å². The topological polar surface area (TPSA) is 15.3 Å². The lowest BCUT2D eigenvalue weighted by atomic mass is 10.1. The molecule has 19 heavy (non-hydrogen) atoms. The maximum absolute atomic E-state index is 13.2. The molecule has 110 valence electrons. The lowest BCUT2D eigenvalue weighted by Gasteiger charge is -2.33. The van der Waals surface area contributed by atoms with Crippen LogP contribution in [0.2, 0.25) is 5.02 Å². The van der Waals surface area contributed by atoms with Crippen molar-refractivity contribution in [1.82, 2.24) is 10.2 Å². The smallest absolute Gasteiger partial charge is 0.109 e. The van der Waals surface area contributed by atoms with E-state index in [2.05, 4.69) is 26.1 Å². The van der Waals surface area contributed by atoms with Crippen molar-refractivity contribution in [3.8, 4) is 0 Å². The van der Waals surface area contributed by atoms with E-state index < -0.39 is 0 Å². The van der Waals surface area contributed by atoms with Crippen molar-refractivity contribution in [2.75, 3.05) is 32.9 Å². The van der Waals surface area contributed by atoms with Gasteiger partial charge in [-0.2, -0.15) is 0 Å². The second-order valence-electron chi connectivity index (χ2n) is 4.13. The summed E-state index contributed by atoms with van der Waals surface area (Å²) in [5.41, 5.74) is 0.977. The molecule has 0 amide bonds. The van der Waals surface area contributed by atoms with Gasteiger partial charge in [0.15, 0.2) is 0 Å². The highest BCUT2D eigenvalue weighted by Gasteiger charge is 2.22. The molecule has 1 N–H and O–H groups in total. The minimum atomic E-state index is -0.367. The molecule has 1 fully saturated rings. The summed E-state index contributed by atoms with van der Waals surface area (Å²) in [6.45, 7) is 3.24. The molecule has 1 aliphatic heterocycles. The molecule has 1 heterocycles. The standard InChI is InChI=1S/C12H15BrClFN2.2ClH/c13-10-7-9(1-2-11(10)14)12(8-15)17-5-3-16-4-6-17;;/h1-2,7,12,16H,3-6,8H2;2*1H/t12-;;/m1../s1. The largest absolute Gasteiger partial charge is 0.314 e. The first kappa shape index (κ1) is 19.4. The second-order valence-corrected chi connectivity index (χ2v) is 5.39. The van der Waals surface area contributed by atoms with Crippen LogP contribution in [0.25, 0.3) is 0 Å². The van der Waals surface area contributed by atoms with Gasteiger partial charge in [0.05, 0.1) is 11.1 Å². The highest BCUT2D eigenvalue weighted by Crippen LogP contribution is 2.29. The van der Waals surface area contributed by atoms with Gasteiger partial charge in [-0.3, -0.25) is 4.90 Å². The predicted octanol–water partition coefficient (Wildman–Crippen LogP) is 3.86. The fraction of sp³-hybridized carbons (Fsp3) is 0.500. The average Bonchev–Trinajstić information content (AvgIpc) is 2.36. The second kappa shape index (κ2) is 9.37. The maximum Gasteiger partial charge on any atom is 0.109 e. The summed E-state index contributed by atoms with van der Waals surface area (Å²) in [7, 11) is 0. The molecule has 0 aliphatic carbocycles. The van der Waals surface area contributed by atoms with Crippen LogP contribution >= 0.6 is 52.3 Å². The molecule has 0 aromatic heterocycles. The summed E-state index contributed by atoms with van der Waals surface area (Å²) in [6, 6.07) is 5.46. The van der Waals surface area contributed by atoms with E-state index in [0.717, 1.165) is 36.2 Å². The lowest BCUT2D eigenvalue weighted by molar-refractivity contribution is 0.147. The minimum Gasteiger partial charge on any atom is -0.314 e. The number of halogens is 5. The molecule has 0 bridgehead atoms. The van der Waals surface area contributed by atoms with Crippen LogP contribution in [0.3, 0.4) is 0 Å². The van der Waals surface area contributed by atoms with E-state index in [1.807, 2.05) is 18.2 Å². The van der Waals surface area contributed by atoms with Crippen molar-refractivity contribution < 1.29 is 4.39 Å². The molecule has 7 heteroatoms. The third-order valence-corrected chi connectivity index (χ3v) is 4.28.